The lowest BCUT2D eigenvalue weighted by Crippen LogP contribution is -2.39. The quantitative estimate of drug-likeness (QED) is 0.628. The van der Waals surface area contributed by atoms with Crippen LogP contribution in [-0.2, 0) is 14.8 Å². The number of likely N-dealkylation sites (N-methyl/N-ethyl adjacent to an activating group) is 1. The van der Waals surface area contributed by atoms with Gasteiger partial charge in [-0.25, -0.2) is 8.42 Å². The first-order valence-corrected chi connectivity index (χ1v) is 6.90. The number of carbonyl (C=O) groups excluding carboxylic acids is 1. The highest BCUT2D eigenvalue weighted by atomic mass is 32.2. The molecule has 1 saturated carbocycles. The summed E-state index contributed by atoms with van der Waals surface area (Å²) < 4.78 is 25.1. The van der Waals surface area contributed by atoms with E-state index in [0.717, 1.165) is 23.3 Å². The van der Waals surface area contributed by atoms with Crippen molar-refractivity contribution in [2.75, 3.05) is 19.3 Å². The number of nitrogens with one attached hydrogen (secondary N) is 2. The molecule has 0 radical (unpaired) electrons. The van der Waals surface area contributed by atoms with E-state index in [2.05, 4.69) is 15.5 Å². The van der Waals surface area contributed by atoms with Crippen LogP contribution < -0.4 is 11.1 Å². The zero-order valence-electron chi connectivity index (χ0n) is 9.88. The van der Waals surface area contributed by atoms with E-state index in [-0.39, 0.29) is 29.2 Å². The first kappa shape index (κ1) is 12.8. The number of hydrogen-bond donors (Lipinski definition) is 3. The van der Waals surface area contributed by atoms with Crippen LogP contribution in [0, 0.1) is 0 Å². The fourth-order valence-electron chi connectivity index (χ4n) is 1.45. The minimum Gasteiger partial charge on any atom is -0.383 e. The van der Waals surface area contributed by atoms with Crippen LogP contribution in [0.2, 0.25) is 0 Å². The molecule has 1 aromatic rings. The fourth-order valence-corrected chi connectivity index (χ4v) is 2.58. The molecule has 9 heteroatoms. The second kappa shape index (κ2) is 4.58. The van der Waals surface area contributed by atoms with Gasteiger partial charge in [-0.15, -0.1) is 0 Å². The van der Waals surface area contributed by atoms with Crippen LogP contribution in [0.5, 0.6) is 0 Å². The van der Waals surface area contributed by atoms with Crippen LogP contribution in [0.1, 0.15) is 12.8 Å². The van der Waals surface area contributed by atoms with Crippen LogP contribution >= 0.6 is 0 Å². The van der Waals surface area contributed by atoms with E-state index in [4.69, 9.17) is 5.73 Å². The first-order chi connectivity index (χ1) is 8.41. The molecule has 1 aromatic heterocycles. The van der Waals surface area contributed by atoms with Crippen LogP contribution in [0.15, 0.2) is 11.1 Å². The van der Waals surface area contributed by atoms with Gasteiger partial charge >= 0.3 is 0 Å². The molecule has 1 aliphatic rings. The van der Waals surface area contributed by atoms with Gasteiger partial charge in [-0.05, 0) is 12.8 Å². The minimum absolute atomic E-state index is 0.0375. The summed E-state index contributed by atoms with van der Waals surface area (Å²) in [7, 11) is -2.46. The molecule has 8 nitrogen and oxygen atoms in total. The van der Waals surface area contributed by atoms with Gasteiger partial charge in [-0.2, -0.15) is 9.40 Å². The monoisotopic (exact) mass is 273 g/mol. The van der Waals surface area contributed by atoms with Crippen molar-refractivity contribution < 1.29 is 13.2 Å². The Hall–Kier alpha value is -1.61. The molecule has 2 rings (SSSR count). The Bertz CT molecular complexity index is 548. The van der Waals surface area contributed by atoms with Crippen LogP contribution in [0.3, 0.4) is 0 Å². The molecule has 1 heterocycles. The summed E-state index contributed by atoms with van der Waals surface area (Å²) in [5.41, 5.74) is 5.46. The molecule has 1 amide bonds. The van der Waals surface area contributed by atoms with E-state index < -0.39 is 10.0 Å². The van der Waals surface area contributed by atoms with E-state index in [1.165, 1.54) is 7.05 Å². The SMILES string of the molecule is CN(CC(=O)NC1CC1)S(=O)(=O)c1cn[nH]c1N. The number of sulfonamides is 1. The summed E-state index contributed by atoms with van der Waals surface area (Å²) >= 11 is 0. The zero-order chi connectivity index (χ0) is 13.3. The summed E-state index contributed by atoms with van der Waals surface area (Å²) in [6.45, 7) is -0.233. The maximum Gasteiger partial charge on any atom is 0.248 e. The van der Waals surface area contributed by atoms with Crippen molar-refractivity contribution in [2.24, 2.45) is 0 Å². The van der Waals surface area contributed by atoms with Gasteiger partial charge < -0.3 is 11.1 Å². The molecule has 1 aliphatic carbocycles. The topological polar surface area (TPSA) is 121 Å². The molecule has 0 saturated heterocycles. The highest BCUT2D eigenvalue weighted by molar-refractivity contribution is 7.89. The third kappa shape index (κ3) is 2.62. The summed E-state index contributed by atoms with van der Waals surface area (Å²) in [5, 5.41) is 8.62. The molecular weight excluding hydrogens is 258 g/mol. The Labute approximate surface area is 105 Å². The smallest absolute Gasteiger partial charge is 0.248 e. The lowest BCUT2D eigenvalue weighted by Gasteiger charge is -2.15. The average molecular weight is 273 g/mol. The van der Waals surface area contributed by atoms with E-state index in [0.29, 0.717) is 0 Å². The first-order valence-electron chi connectivity index (χ1n) is 5.46. The number of aromatic amines is 1. The number of amides is 1. The van der Waals surface area contributed by atoms with Crippen molar-refractivity contribution in [3.05, 3.63) is 6.20 Å². The number of carbonyl (C=O) groups is 1. The van der Waals surface area contributed by atoms with Gasteiger partial charge in [-0.1, -0.05) is 0 Å². The second-order valence-corrected chi connectivity index (χ2v) is 6.26. The fraction of sp³-hybridized carbons (Fsp3) is 0.556. The van der Waals surface area contributed by atoms with Crippen LogP contribution in [0.25, 0.3) is 0 Å². The summed E-state index contributed by atoms with van der Waals surface area (Å²) in [4.78, 5) is 11.4. The maximum atomic E-state index is 12.1. The number of rotatable bonds is 5. The lowest BCUT2D eigenvalue weighted by molar-refractivity contribution is -0.121. The average Bonchev–Trinajstić information content (AvgIpc) is 2.97. The highest BCUT2D eigenvalue weighted by Gasteiger charge is 2.28. The maximum absolute atomic E-state index is 12.1. The Balaban J connectivity index is 2.05. The summed E-state index contributed by atoms with van der Waals surface area (Å²) in [5.74, 6) is -0.352. The number of anilines is 1. The van der Waals surface area contributed by atoms with Crippen molar-refractivity contribution in [2.45, 2.75) is 23.8 Å². The molecule has 0 aliphatic heterocycles. The molecule has 0 atom stereocenters. The van der Waals surface area contributed by atoms with Crippen molar-refractivity contribution in [3.63, 3.8) is 0 Å². The van der Waals surface area contributed by atoms with Gasteiger partial charge in [0.2, 0.25) is 15.9 Å². The van der Waals surface area contributed by atoms with Crippen LogP contribution in [0.4, 0.5) is 5.82 Å². The molecule has 0 bridgehead atoms. The molecule has 0 aromatic carbocycles. The van der Waals surface area contributed by atoms with E-state index in [9.17, 15) is 13.2 Å². The Morgan fingerprint density at radius 2 is 2.33 bits per heavy atom. The molecule has 18 heavy (non-hydrogen) atoms. The lowest BCUT2D eigenvalue weighted by atomic mass is 10.5. The van der Waals surface area contributed by atoms with Crippen molar-refractivity contribution >= 4 is 21.7 Å². The summed E-state index contributed by atoms with van der Waals surface area (Å²) in [6, 6.07) is 0.201. The number of H-pyrrole nitrogens is 1. The highest BCUT2D eigenvalue weighted by Crippen LogP contribution is 2.20. The molecule has 0 unspecified atom stereocenters. The number of aromatic nitrogens is 2. The molecule has 4 N–H and O–H groups in total. The van der Waals surface area contributed by atoms with E-state index in [1.807, 2.05) is 0 Å². The van der Waals surface area contributed by atoms with Gasteiger partial charge in [0.25, 0.3) is 0 Å². The van der Waals surface area contributed by atoms with E-state index >= 15 is 0 Å². The predicted octanol–water partition coefficient (Wildman–Crippen LogP) is -1.11. The van der Waals surface area contributed by atoms with Crippen LogP contribution in [-0.4, -0.2) is 48.5 Å². The Morgan fingerprint density at radius 3 is 2.83 bits per heavy atom. The molecule has 1 fully saturated rings. The number of nitrogen functional groups attached to an aromatic ring is 1. The number of hydrogen-bond acceptors (Lipinski definition) is 5. The van der Waals surface area contributed by atoms with Crippen molar-refractivity contribution in [3.8, 4) is 0 Å². The van der Waals surface area contributed by atoms with Gasteiger partial charge in [0, 0.05) is 13.1 Å². The van der Waals surface area contributed by atoms with E-state index in [1.54, 1.807) is 0 Å². The van der Waals surface area contributed by atoms with Gasteiger partial charge in [-0.3, -0.25) is 9.89 Å². The summed E-state index contributed by atoms with van der Waals surface area (Å²) in [6.07, 6.45) is 3.04. The third-order valence-electron chi connectivity index (χ3n) is 2.63. The number of nitrogens with zero attached hydrogens (tertiary/aromatic N) is 2. The zero-order valence-corrected chi connectivity index (χ0v) is 10.7. The molecule has 0 spiro atoms. The molecule has 100 valence electrons. The standard InChI is InChI=1S/C9H15N5O3S/c1-14(5-8(15)12-6-2-3-6)18(16,17)7-4-11-13-9(7)10/h4,6H,2-3,5H2,1H3,(H,12,15)(H3,10,11,13). The minimum atomic E-state index is -3.78. The van der Waals surface area contributed by atoms with Gasteiger partial charge in [0.15, 0.2) is 0 Å². The van der Waals surface area contributed by atoms with Crippen molar-refractivity contribution in [1.29, 1.82) is 0 Å². The number of nitrogens with two attached hydrogens (primary N) is 1. The predicted molar refractivity (Wildman–Crippen MR) is 64.0 cm³/mol. The largest absolute Gasteiger partial charge is 0.383 e. The normalized spacial score (nSPS) is 15.9. The Kier molecular flexibility index (Phi) is 3.26. The second-order valence-electron chi connectivity index (χ2n) is 4.25. The third-order valence-corrected chi connectivity index (χ3v) is 4.46. The molecular formula is C9H15N5O3S. The van der Waals surface area contributed by atoms with Crippen molar-refractivity contribution in [1.82, 2.24) is 19.8 Å². The van der Waals surface area contributed by atoms with Gasteiger partial charge in [0.05, 0.1) is 12.7 Å². The Morgan fingerprint density at radius 1 is 1.67 bits per heavy atom. The van der Waals surface area contributed by atoms with Gasteiger partial charge in [0.1, 0.15) is 10.7 Å².